The zero-order valence-electron chi connectivity index (χ0n) is 14.1. The van der Waals surface area contributed by atoms with Crippen molar-refractivity contribution in [3.05, 3.63) is 53.8 Å². The number of fused-ring (bicyclic) bond motifs is 1. The molecular weight excluding hydrogens is 388 g/mol. The second kappa shape index (κ2) is 7.89. The van der Waals surface area contributed by atoms with Gasteiger partial charge < -0.3 is 14.8 Å². The van der Waals surface area contributed by atoms with Crippen molar-refractivity contribution in [3.63, 3.8) is 0 Å². The number of nitrogens with one attached hydrogen (secondary N) is 1. The van der Waals surface area contributed by atoms with Gasteiger partial charge in [0.2, 0.25) is 12.7 Å². The van der Waals surface area contributed by atoms with Crippen molar-refractivity contribution in [1.29, 1.82) is 0 Å². The quantitative estimate of drug-likeness (QED) is 0.632. The van der Waals surface area contributed by atoms with E-state index in [1.807, 2.05) is 28.8 Å². The summed E-state index contributed by atoms with van der Waals surface area (Å²) in [4.78, 5) is 12.2. The van der Waals surface area contributed by atoms with Crippen LogP contribution < -0.4 is 14.8 Å². The lowest BCUT2D eigenvalue weighted by Gasteiger charge is -2.07. The summed E-state index contributed by atoms with van der Waals surface area (Å²) in [6.45, 7) is 0.205. The number of benzene rings is 2. The topological polar surface area (TPSA) is 78.3 Å². The third-order valence-electron chi connectivity index (χ3n) is 3.82. The van der Waals surface area contributed by atoms with Gasteiger partial charge in [-0.2, -0.15) is 0 Å². The molecule has 138 valence electrons. The van der Waals surface area contributed by atoms with Gasteiger partial charge >= 0.3 is 0 Å². The number of aromatic nitrogens is 3. The summed E-state index contributed by atoms with van der Waals surface area (Å²) in [5.41, 5.74) is 1.55. The van der Waals surface area contributed by atoms with Gasteiger partial charge in [0.1, 0.15) is 6.33 Å². The monoisotopic (exact) mass is 402 g/mol. The van der Waals surface area contributed by atoms with E-state index in [1.54, 1.807) is 24.5 Å². The summed E-state index contributed by atoms with van der Waals surface area (Å²) in [5, 5.41) is 12.3. The van der Waals surface area contributed by atoms with Crippen LogP contribution in [-0.2, 0) is 4.79 Å². The van der Waals surface area contributed by atoms with Crippen LogP contribution in [0, 0.1) is 0 Å². The number of thioether (sulfide) groups is 1. The van der Waals surface area contributed by atoms with E-state index >= 15 is 0 Å². The number of nitrogens with zero attached hydrogens (tertiary/aromatic N) is 3. The molecule has 1 N–H and O–H groups in total. The van der Waals surface area contributed by atoms with Crippen LogP contribution >= 0.6 is 23.4 Å². The van der Waals surface area contributed by atoms with Gasteiger partial charge in [-0.1, -0.05) is 29.4 Å². The summed E-state index contributed by atoms with van der Waals surface area (Å²) in [6, 6.07) is 12.7. The normalized spacial score (nSPS) is 12.2. The zero-order valence-corrected chi connectivity index (χ0v) is 15.7. The molecule has 9 heteroatoms. The van der Waals surface area contributed by atoms with Crippen molar-refractivity contribution in [2.45, 2.75) is 11.6 Å². The van der Waals surface area contributed by atoms with Crippen LogP contribution in [0.4, 0.5) is 5.69 Å². The third-order valence-corrected chi connectivity index (χ3v) is 5.00. The Balaban J connectivity index is 1.33. The van der Waals surface area contributed by atoms with Crippen LogP contribution in [0.2, 0.25) is 5.02 Å². The van der Waals surface area contributed by atoms with Crippen molar-refractivity contribution in [1.82, 2.24) is 14.8 Å². The average molecular weight is 403 g/mol. The SMILES string of the molecule is O=C(CCSc1nncn1-c1cccc(Cl)c1)Nc1ccc2c(c1)OCO2. The highest BCUT2D eigenvalue weighted by Gasteiger charge is 2.14. The van der Waals surface area contributed by atoms with Gasteiger partial charge in [-0.15, -0.1) is 10.2 Å². The summed E-state index contributed by atoms with van der Waals surface area (Å²) >= 11 is 7.50. The average Bonchev–Trinajstić information content (AvgIpc) is 3.30. The van der Waals surface area contributed by atoms with Gasteiger partial charge in [0.05, 0.1) is 5.69 Å². The Bertz CT molecular complexity index is 979. The van der Waals surface area contributed by atoms with Crippen molar-refractivity contribution < 1.29 is 14.3 Å². The Labute approximate surface area is 164 Å². The van der Waals surface area contributed by atoms with Crippen LogP contribution in [0.25, 0.3) is 5.69 Å². The molecule has 3 aromatic rings. The van der Waals surface area contributed by atoms with Crippen molar-refractivity contribution in [2.75, 3.05) is 17.9 Å². The molecule has 1 amide bonds. The molecule has 0 spiro atoms. The largest absolute Gasteiger partial charge is 0.454 e. The van der Waals surface area contributed by atoms with Crippen molar-refractivity contribution >= 4 is 35.0 Å². The highest BCUT2D eigenvalue weighted by molar-refractivity contribution is 7.99. The predicted molar refractivity (Wildman–Crippen MR) is 103 cm³/mol. The number of amides is 1. The first-order chi connectivity index (χ1) is 13.2. The maximum atomic E-state index is 12.2. The van der Waals surface area contributed by atoms with Gasteiger partial charge in [0.25, 0.3) is 0 Å². The maximum Gasteiger partial charge on any atom is 0.231 e. The molecule has 7 nitrogen and oxygen atoms in total. The van der Waals surface area contributed by atoms with E-state index in [-0.39, 0.29) is 12.7 Å². The van der Waals surface area contributed by atoms with Gasteiger partial charge in [0.15, 0.2) is 16.7 Å². The molecule has 0 unspecified atom stereocenters. The molecule has 0 radical (unpaired) electrons. The molecule has 0 saturated heterocycles. The molecule has 2 aromatic carbocycles. The lowest BCUT2D eigenvalue weighted by molar-refractivity contribution is -0.115. The van der Waals surface area contributed by atoms with E-state index in [0.717, 1.165) is 5.69 Å². The first-order valence-corrected chi connectivity index (χ1v) is 9.54. The van der Waals surface area contributed by atoms with Gasteiger partial charge in [-0.05, 0) is 30.3 Å². The van der Waals surface area contributed by atoms with Crippen LogP contribution in [-0.4, -0.2) is 33.2 Å². The Morgan fingerprint density at radius 2 is 2.11 bits per heavy atom. The zero-order chi connectivity index (χ0) is 18.6. The van der Waals surface area contributed by atoms with Crippen LogP contribution in [0.3, 0.4) is 0 Å². The number of hydrogen-bond acceptors (Lipinski definition) is 6. The number of hydrogen-bond donors (Lipinski definition) is 1. The molecule has 0 bridgehead atoms. The number of carbonyl (C=O) groups excluding carboxylic acids is 1. The van der Waals surface area contributed by atoms with E-state index in [4.69, 9.17) is 21.1 Å². The molecule has 1 aliphatic rings. The number of halogens is 1. The number of carbonyl (C=O) groups is 1. The second-order valence-corrected chi connectivity index (χ2v) is 7.18. The second-order valence-electron chi connectivity index (χ2n) is 5.68. The molecule has 27 heavy (non-hydrogen) atoms. The first kappa shape index (κ1) is 17.7. The van der Waals surface area contributed by atoms with E-state index in [1.165, 1.54) is 11.8 Å². The molecule has 2 heterocycles. The van der Waals surface area contributed by atoms with Gasteiger partial charge in [-0.3, -0.25) is 9.36 Å². The van der Waals surface area contributed by atoms with E-state index in [0.29, 0.717) is 39.5 Å². The lowest BCUT2D eigenvalue weighted by atomic mass is 10.2. The predicted octanol–water partition coefficient (Wildman–Crippen LogP) is 3.77. The minimum absolute atomic E-state index is 0.0878. The Morgan fingerprint density at radius 3 is 3.00 bits per heavy atom. The molecule has 1 aromatic heterocycles. The number of rotatable bonds is 6. The van der Waals surface area contributed by atoms with E-state index < -0.39 is 0 Å². The van der Waals surface area contributed by atoms with Crippen molar-refractivity contribution in [2.24, 2.45) is 0 Å². The Kier molecular flexibility index (Phi) is 5.17. The summed E-state index contributed by atoms with van der Waals surface area (Å²) in [5.74, 6) is 1.80. The van der Waals surface area contributed by atoms with Crippen LogP contribution in [0.1, 0.15) is 6.42 Å². The Morgan fingerprint density at radius 1 is 1.22 bits per heavy atom. The van der Waals surface area contributed by atoms with Crippen molar-refractivity contribution in [3.8, 4) is 17.2 Å². The highest BCUT2D eigenvalue weighted by atomic mass is 35.5. The van der Waals surface area contributed by atoms with E-state index in [2.05, 4.69) is 15.5 Å². The van der Waals surface area contributed by atoms with Gasteiger partial charge in [-0.25, -0.2) is 0 Å². The van der Waals surface area contributed by atoms with E-state index in [9.17, 15) is 4.79 Å². The lowest BCUT2D eigenvalue weighted by Crippen LogP contribution is -2.12. The molecule has 0 atom stereocenters. The summed E-state index contributed by atoms with van der Waals surface area (Å²) < 4.78 is 12.4. The Hall–Kier alpha value is -2.71. The van der Waals surface area contributed by atoms with Crippen LogP contribution in [0.5, 0.6) is 11.5 Å². The number of ether oxygens (including phenoxy) is 2. The molecular formula is C18H15ClN4O3S. The fraction of sp³-hybridized carbons (Fsp3) is 0.167. The standard InChI is InChI=1S/C18H15ClN4O3S/c19-12-2-1-3-14(8-12)23-10-20-22-18(23)27-7-6-17(24)21-13-4-5-15-16(9-13)26-11-25-15/h1-5,8-10H,6-7,11H2,(H,21,24). The molecule has 1 aliphatic heterocycles. The summed E-state index contributed by atoms with van der Waals surface area (Å²) in [7, 11) is 0. The highest BCUT2D eigenvalue weighted by Crippen LogP contribution is 2.34. The minimum atomic E-state index is -0.0878. The van der Waals surface area contributed by atoms with Gasteiger partial charge in [0, 0.05) is 29.0 Å². The number of anilines is 1. The van der Waals surface area contributed by atoms with Crippen LogP contribution in [0.15, 0.2) is 53.9 Å². The molecule has 0 saturated carbocycles. The summed E-state index contributed by atoms with van der Waals surface area (Å²) in [6.07, 6.45) is 1.96. The fourth-order valence-corrected chi connectivity index (χ4v) is 3.61. The maximum absolute atomic E-state index is 12.2. The molecule has 4 rings (SSSR count). The minimum Gasteiger partial charge on any atom is -0.454 e. The third kappa shape index (κ3) is 4.17. The first-order valence-electron chi connectivity index (χ1n) is 8.17. The fourth-order valence-electron chi connectivity index (χ4n) is 2.56. The molecule has 0 aliphatic carbocycles. The molecule has 0 fully saturated rings. The smallest absolute Gasteiger partial charge is 0.231 e.